The quantitative estimate of drug-likeness (QED) is 0.485. The van der Waals surface area contributed by atoms with Crippen molar-refractivity contribution in [2.45, 2.75) is 36.4 Å². The Balaban J connectivity index is 1.28. The number of hydrogen-bond donors (Lipinski definition) is 2. The summed E-state index contributed by atoms with van der Waals surface area (Å²) in [7, 11) is 0. The van der Waals surface area contributed by atoms with Crippen LogP contribution in [0.25, 0.3) is 0 Å². The van der Waals surface area contributed by atoms with Gasteiger partial charge in [-0.15, -0.1) is 11.3 Å². The summed E-state index contributed by atoms with van der Waals surface area (Å²) < 4.78 is 1.06. The van der Waals surface area contributed by atoms with Gasteiger partial charge in [-0.05, 0) is 55.2 Å². The zero-order chi connectivity index (χ0) is 20.9. The summed E-state index contributed by atoms with van der Waals surface area (Å²) in [6.45, 7) is 2.40. The topological polar surface area (TPSA) is 71.1 Å². The van der Waals surface area contributed by atoms with Crippen molar-refractivity contribution in [3.63, 3.8) is 0 Å². The Hall–Kier alpha value is -2.64. The van der Waals surface area contributed by atoms with E-state index in [1.807, 2.05) is 60.8 Å². The molecule has 30 heavy (non-hydrogen) atoms. The normalized spacial score (nSPS) is 13.1. The van der Waals surface area contributed by atoms with Crippen LogP contribution in [-0.2, 0) is 17.1 Å². The largest absolute Gasteiger partial charge is 0.348 e. The highest BCUT2D eigenvalue weighted by molar-refractivity contribution is 8.00. The Morgan fingerprint density at radius 1 is 1.13 bits per heavy atom. The minimum Gasteiger partial charge on any atom is -0.348 e. The third kappa shape index (κ3) is 5.70. The average molecular weight is 438 g/mol. The second kappa shape index (κ2) is 9.45. The Morgan fingerprint density at radius 3 is 2.63 bits per heavy atom. The van der Waals surface area contributed by atoms with Crippen LogP contribution in [0.2, 0.25) is 0 Å². The number of carbonyl (C=O) groups is 2. The van der Waals surface area contributed by atoms with Gasteiger partial charge in [-0.1, -0.05) is 36.0 Å². The van der Waals surface area contributed by atoms with Gasteiger partial charge in [-0.25, -0.2) is 4.98 Å². The van der Waals surface area contributed by atoms with E-state index in [2.05, 4.69) is 15.6 Å². The third-order valence-electron chi connectivity index (χ3n) is 4.77. The molecule has 5 nitrogen and oxygen atoms in total. The molecular formula is C23H23N3O2S2. The van der Waals surface area contributed by atoms with Crippen LogP contribution in [0.15, 0.2) is 58.3 Å². The lowest BCUT2D eigenvalue weighted by Crippen LogP contribution is -2.22. The molecule has 1 aromatic heterocycles. The van der Waals surface area contributed by atoms with Gasteiger partial charge < -0.3 is 10.6 Å². The zero-order valence-electron chi connectivity index (χ0n) is 16.7. The number of anilines is 1. The van der Waals surface area contributed by atoms with E-state index in [4.69, 9.17) is 0 Å². The van der Waals surface area contributed by atoms with Crippen LogP contribution in [0.5, 0.6) is 0 Å². The molecule has 0 saturated heterocycles. The smallest absolute Gasteiger partial charge is 0.251 e. The molecule has 1 heterocycles. The predicted octanol–water partition coefficient (Wildman–Crippen LogP) is 5.02. The number of thiazole rings is 1. The number of carbonyl (C=O) groups excluding carboxylic acids is 2. The fourth-order valence-electron chi connectivity index (χ4n) is 2.93. The maximum absolute atomic E-state index is 12.5. The molecule has 1 fully saturated rings. The Morgan fingerprint density at radius 2 is 1.93 bits per heavy atom. The zero-order valence-corrected chi connectivity index (χ0v) is 18.3. The fourth-order valence-corrected chi connectivity index (χ4v) is 4.73. The van der Waals surface area contributed by atoms with Crippen molar-refractivity contribution < 1.29 is 9.59 Å². The van der Waals surface area contributed by atoms with Crippen LogP contribution < -0.4 is 10.6 Å². The van der Waals surface area contributed by atoms with Crippen LogP contribution >= 0.6 is 23.1 Å². The minimum atomic E-state index is -0.114. The molecule has 1 aliphatic carbocycles. The van der Waals surface area contributed by atoms with Gasteiger partial charge in [0.2, 0.25) is 5.91 Å². The number of nitrogens with zero attached hydrogens (tertiary/aromatic N) is 1. The monoisotopic (exact) mass is 437 g/mol. The van der Waals surface area contributed by atoms with Gasteiger partial charge in [0.05, 0.1) is 0 Å². The first-order valence-corrected chi connectivity index (χ1v) is 11.8. The second-order valence-corrected chi connectivity index (χ2v) is 9.47. The number of nitrogens with one attached hydrogen (secondary N) is 2. The third-order valence-corrected chi connectivity index (χ3v) is 6.98. The van der Waals surface area contributed by atoms with E-state index in [9.17, 15) is 9.59 Å². The van der Waals surface area contributed by atoms with Gasteiger partial charge >= 0.3 is 0 Å². The van der Waals surface area contributed by atoms with E-state index in [0.717, 1.165) is 45.4 Å². The number of thioether (sulfide) groups is 1. The van der Waals surface area contributed by atoms with E-state index in [0.29, 0.717) is 12.1 Å². The van der Waals surface area contributed by atoms with Crippen LogP contribution in [0.1, 0.15) is 40.0 Å². The molecule has 0 radical (unpaired) electrons. The molecule has 1 aliphatic rings. The Labute approximate surface area is 184 Å². The molecule has 3 aromatic rings. The Kier molecular flexibility index (Phi) is 6.50. The van der Waals surface area contributed by atoms with Gasteiger partial charge in [0.1, 0.15) is 4.34 Å². The molecule has 2 N–H and O–H groups in total. The number of benzene rings is 2. The van der Waals surface area contributed by atoms with Crippen LogP contribution in [0, 0.1) is 12.8 Å². The van der Waals surface area contributed by atoms with Crippen LogP contribution in [0.3, 0.4) is 0 Å². The second-order valence-electron chi connectivity index (χ2n) is 7.39. The van der Waals surface area contributed by atoms with E-state index in [-0.39, 0.29) is 17.7 Å². The number of hydrogen-bond acceptors (Lipinski definition) is 5. The summed E-state index contributed by atoms with van der Waals surface area (Å²) in [4.78, 5) is 28.8. The molecule has 0 bridgehead atoms. The van der Waals surface area contributed by atoms with Crippen molar-refractivity contribution in [2.75, 3.05) is 5.32 Å². The summed E-state index contributed by atoms with van der Waals surface area (Å²) in [5.41, 5.74) is 4.56. The maximum atomic E-state index is 12.5. The number of rotatable bonds is 8. The van der Waals surface area contributed by atoms with Crippen molar-refractivity contribution in [3.8, 4) is 0 Å². The number of aromatic nitrogens is 1. The first-order valence-electron chi connectivity index (χ1n) is 9.89. The van der Waals surface area contributed by atoms with Gasteiger partial charge in [0.25, 0.3) is 5.91 Å². The van der Waals surface area contributed by atoms with Crippen molar-refractivity contribution in [2.24, 2.45) is 5.92 Å². The minimum absolute atomic E-state index is 0.0828. The first-order chi connectivity index (χ1) is 14.6. The summed E-state index contributed by atoms with van der Waals surface area (Å²) >= 11 is 3.36. The Bertz CT molecular complexity index is 1040. The number of amides is 2. The lowest BCUT2D eigenvalue weighted by molar-refractivity contribution is -0.117. The molecule has 154 valence electrons. The lowest BCUT2D eigenvalue weighted by Gasteiger charge is -2.09. The van der Waals surface area contributed by atoms with Crippen LogP contribution in [-0.4, -0.2) is 16.8 Å². The first kappa shape index (κ1) is 20.6. The molecular weight excluding hydrogens is 414 g/mol. The van der Waals surface area contributed by atoms with Crippen molar-refractivity contribution >= 4 is 40.6 Å². The van der Waals surface area contributed by atoms with Crippen molar-refractivity contribution in [1.82, 2.24) is 10.3 Å². The summed E-state index contributed by atoms with van der Waals surface area (Å²) in [6, 6.07) is 15.3. The summed E-state index contributed by atoms with van der Waals surface area (Å²) in [6.07, 6.45) is 1.95. The lowest BCUT2D eigenvalue weighted by atomic mass is 10.1. The van der Waals surface area contributed by atoms with Crippen molar-refractivity contribution in [3.05, 3.63) is 76.3 Å². The highest BCUT2D eigenvalue weighted by atomic mass is 32.2. The molecule has 0 aliphatic heterocycles. The number of aryl methyl sites for hydroxylation is 1. The van der Waals surface area contributed by atoms with Gasteiger partial charge in [0.15, 0.2) is 0 Å². The van der Waals surface area contributed by atoms with Gasteiger partial charge in [0, 0.05) is 40.5 Å². The maximum Gasteiger partial charge on any atom is 0.251 e. The van der Waals surface area contributed by atoms with E-state index in [1.165, 1.54) is 0 Å². The highest BCUT2D eigenvalue weighted by Crippen LogP contribution is 2.30. The molecule has 7 heteroatoms. The summed E-state index contributed by atoms with van der Waals surface area (Å²) in [5, 5.41) is 7.93. The summed E-state index contributed by atoms with van der Waals surface area (Å²) in [5.74, 6) is 0.964. The van der Waals surface area contributed by atoms with Crippen molar-refractivity contribution in [1.29, 1.82) is 0 Å². The average Bonchev–Trinajstić information content (AvgIpc) is 3.53. The molecule has 0 atom stereocenters. The molecule has 2 aromatic carbocycles. The van der Waals surface area contributed by atoms with E-state index >= 15 is 0 Å². The molecule has 4 rings (SSSR count). The standard InChI is InChI=1S/C23H23N3O2S2/c1-15-13-29-23(25-15)30-14-16-5-7-18(8-6-16)21(27)24-12-17-3-2-4-20(11-17)26-22(28)19-9-10-19/h2-8,11,13,19H,9-10,12,14H2,1H3,(H,24,27)(H,26,28). The highest BCUT2D eigenvalue weighted by Gasteiger charge is 2.29. The van der Waals surface area contributed by atoms with Gasteiger partial charge in [-0.3, -0.25) is 9.59 Å². The molecule has 2 amide bonds. The molecule has 0 spiro atoms. The SMILES string of the molecule is Cc1csc(SCc2ccc(C(=O)NCc3cccc(NC(=O)C4CC4)c3)cc2)n1. The molecule has 1 saturated carbocycles. The van der Waals surface area contributed by atoms with Crippen LogP contribution in [0.4, 0.5) is 5.69 Å². The van der Waals surface area contributed by atoms with Gasteiger partial charge in [-0.2, -0.15) is 0 Å². The van der Waals surface area contributed by atoms with E-state index in [1.54, 1.807) is 23.1 Å². The fraction of sp³-hybridized carbons (Fsp3) is 0.261. The van der Waals surface area contributed by atoms with E-state index < -0.39 is 0 Å². The molecule has 0 unspecified atom stereocenters. The predicted molar refractivity (Wildman–Crippen MR) is 122 cm³/mol.